The molecular weight excluding hydrogens is 292 g/mol. The minimum Gasteiger partial charge on any atom is -0.294 e. The van der Waals surface area contributed by atoms with Crippen LogP contribution in [-0.4, -0.2) is 5.78 Å². The SMILES string of the molecule is O=C(CC1CCCCC1)c1cccc(-c2cccc(Cl)c2)c1. The maximum absolute atomic E-state index is 12.5. The lowest BCUT2D eigenvalue weighted by atomic mass is 9.84. The molecule has 2 aromatic rings. The van der Waals surface area contributed by atoms with Crippen LogP contribution >= 0.6 is 11.6 Å². The van der Waals surface area contributed by atoms with Gasteiger partial charge in [0.25, 0.3) is 0 Å². The van der Waals surface area contributed by atoms with Crippen molar-refractivity contribution in [3.8, 4) is 11.1 Å². The van der Waals surface area contributed by atoms with Gasteiger partial charge in [-0.15, -0.1) is 0 Å². The van der Waals surface area contributed by atoms with Gasteiger partial charge in [0, 0.05) is 17.0 Å². The van der Waals surface area contributed by atoms with Crippen molar-refractivity contribution in [1.29, 1.82) is 0 Å². The molecule has 0 spiro atoms. The number of hydrogen-bond acceptors (Lipinski definition) is 1. The lowest BCUT2D eigenvalue weighted by molar-refractivity contribution is 0.0950. The van der Waals surface area contributed by atoms with Crippen LogP contribution in [0.1, 0.15) is 48.9 Å². The van der Waals surface area contributed by atoms with E-state index < -0.39 is 0 Å². The van der Waals surface area contributed by atoms with Crippen LogP contribution in [-0.2, 0) is 0 Å². The van der Waals surface area contributed by atoms with Crippen molar-refractivity contribution in [2.75, 3.05) is 0 Å². The highest BCUT2D eigenvalue weighted by Gasteiger charge is 2.18. The lowest BCUT2D eigenvalue weighted by Crippen LogP contribution is -2.12. The Bertz CT molecular complexity index is 656. The maximum Gasteiger partial charge on any atom is 0.163 e. The number of carbonyl (C=O) groups excluding carboxylic acids is 1. The van der Waals surface area contributed by atoms with Crippen LogP contribution in [0.4, 0.5) is 0 Å². The molecule has 0 aromatic heterocycles. The van der Waals surface area contributed by atoms with Gasteiger partial charge >= 0.3 is 0 Å². The number of benzene rings is 2. The van der Waals surface area contributed by atoms with Gasteiger partial charge in [-0.05, 0) is 35.2 Å². The molecule has 1 fully saturated rings. The predicted molar refractivity (Wildman–Crippen MR) is 92.4 cm³/mol. The Morgan fingerprint density at radius 1 is 0.955 bits per heavy atom. The Morgan fingerprint density at radius 2 is 1.64 bits per heavy atom. The largest absolute Gasteiger partial charge is 0.294 e. The van der Waals surface area contributed by atoms with E-state index in [0.717, 1.165) is 21.7 Å². The molecule has 1 aliphatic carbocycles. The van der Waals surface area contributed by atoms with Gasteiger partial charge in [-0.1, -0.05) is 74.0 Å². The Kier molecular flexibility index (Phi) is 4.94. The summed E-state index contributed by atoms with van der Waals surface area (Å²) in [5.74, 6) is 0.854. The van der Waals surface area contributed by atoms with E-state index in [1.165, 1.54) is 32.1 Å². The monoisotopic (exact) mass is 312 g/mol. The van der Waals surface area contributed by atoms with Crippen molar-refractivity contribution in [2.24, 2.45) is 5.92 Å². The van der Waals surface area contributed by atoms with E-state index >= 15 is 0 Å². The fourth-order valence-electron chi connectivity index (χ4n) is 3.31. The van der Waals surface area contributed by atoms with E-state index in [9.17, 15) is 4.79 Å². The third-order valence-corrected chi connectivity index (χ3v) is 4.78. The molecule has 0 amide bonds. The predicted octanol–water partition coefficient (Wildman–Crippen LogP) is 6.16. The Hall–Kier alpha value is -1.60. The van der Waals surface area contributed by atoms with Crippen LogP contribution in [0.15, 0.2) is 48.5 Å². The third kappa shape index (κ3) is 3.78. The maximum atomic E-state index is 12.5. The van der Waals surface area contributed by atoms with Crippen LogP contribution in [0, 0.1) is 5.92 Å². The second-order valence-electron chi connectivity index (χ2n) is 6.22. The number of rotatable bonds is 4. The van der Waals surface area contributed by atoms with E-state index in [-0.39, 0.29) is 5.78 Å². The van der Waals surface area contributed by atoms with E-state index in [1.807, 2.05) is 48.5 Å². The standard InChI is InChI=1S/C20H21ClO/c21-19-11-5-9-17(14-19)16-8-4-10-18(13-16)20(22)12-15-6-2-1-3-7-15/h4-5,8-11,13-15H,1-3,6-7,12H2. The number of Topliss-reactive ketones (excluding diaryl/α,β-unsaturated/α-hetero) is 1. The molecular formula is C20H21ClO. The summed E-state index contributed by atoms with van der Waals surface area (Å²) in [6.45, 7) is 0. The molecule has 0 bridgehead atoms. The summed E-state index contributed by atoms with van der Waals surface area (Å²) in [6, 6.07) is 15.7. The highest BCUT2D eigenvalue weighted by molar-refractivity contribution is 6.30. The van der Waals surface area contributed by atoms with E-state index in [4.69, 9.17) is 11.6 Å². The number of ketones is 1. The highest BCUT2D eigenvalue weighted by atomic mass is 35.5. The molecule has 2 aromatic carbocycles. The van der Waals surface area contributed by atoms with Crippen molar-refractivity contribution in [2.45, 2.75) is 38.5 Å². The normalized spacial score (nSPS) is 15.7. The first-order chi connectivity index (χ1) is 10.7. The summed E-state index contributed by atoms with van der Waals surface area (Å²) in [5.41, 5.74) is 2.93. The Labute approximate surface area is 137 Å². The Balaban J connectivity index is 1.77. The van der Waals surface area contributed by atoms with E-state index in [2.05, 4.69) is 0 Å². The summed E-state index contributed by atoms with van der Waals surface area (Å²) in [5, 5.41) is 0.719. The fraction of sp³-hybridized carbons (Fsp3) is 0.350. The molecule has 3 rings (SSSR count). The van der Waals surface area contributed by atoms with Crippen LogP contribution in [0.5, 0.6) is 0 Å². The first-order valence-corrected chi connectivity index (χ1v) is 8.49. The lowest BCUT2D eigenvalue weighted by Gasteiger charge is -2.20. The molecule has 0 N–H and O–H groups in total. The van der Waals surface area contributed by atoms with Gasteiger partial charge < -0.3 is 0 Å². The van der Waals surface area contributed by atoms with Crippen molar-refractivity contribution >= 4 is 17.4 Å². The zero-order valence-electron chi connectivity index (χ0n) is 12.7. The van der Waals surface area contributed by atoms with Crippen LogP contribution in [0.2, 0.25) is 5.02 Å². The van der Waals surface area contributed by atoms with Gasteiger partial charge in [-0.2, -0.15) is 0 Å². The first-order valence-electron chi connectivity index (χ1n) is 8.11. The van der Waals surface area contributed by atoms with Crippen LogP contribution in [0.25, 0.3) is 11.1 Å². The average molecular weight is 313 g/mol. The Morgan fingerprint density at radius 3 is 2.36 bits per heavy atom. The molecule has 1 aliphatic rings. The fourth-order valence-corrected chi connectivity index (χ4v) is 3.50. The third-order valence-electron chi connectivity index (χ3n) is 4.54. The molecule has 0 aliphatic heterocycles. The molecule has 2 heteroatoms. The summed E-state index contributed by atoms with van der Waals surface area (Å²) in [7, 11) is 0. The summed E-state index contributed by atoms with van der Waals surface area (Å²) < 4.78 is 0. The van der Waals surface area contributed by atoms with Gasteiger partial charge in [0.1, 0.15) is 0 Å². The second kappa shape index (κ2) is 7.11. The van der Waals surface area contributed by atoms with Crippen molar-refractivity contribution < 1.29 is 4.79 Å². The zero-order chi connectivity index (χ0) is 15.4. The van der Waals surface area contributed by atoms with Crippen LogP contribution in [0.3, 0.4) is 0 Å². The van der Waals surface area contributed by atoms with Crippen molar-refractivity contribution in [3.63, 3.8) is 0 Å². The minimum atomic E-state index is 0.274. The smallest absolute Gasteiger partial charge is 0.163 e. The topological polar surface area (TPSA) is 17.1 Å². The minimum absolute atomic E-state index is 0.274. The molecule has 114 valence electrons. The van der Waals surface area contributed by atoms with Gasteiger partial charge in [0.05, 0.1) is 0 Å². The van der Waals surface area contributed by atoms with Gasteiger partial charge in [0.15, 0.2) is 5.78 Å². The summed E-state index contributed by atoms with van der Waals surface area (Å²) in [4.78, 5) is 12.5. The molecule has 0 atom stereocenters. The number of halogens is 1. The zero-order valence-corrected chi connectivity index (χ0v) is 13.5. The first kappa shape index (κ1) is 15.3. The molecule has 0 unspecified atom stereocenters. The quantitative estimate of drug-likeness (QED) is 0.618. The van der Waals surface area contributed by atoms with Crippen molar-refractivity contribution in [3.05, 3.63) is 59.1 Å². The molecule has 0 radical (unpaired) electrons. The van der Waals surface area contributed by atoms with Gasteiger partial charge in [-0.25, -0.2) is 0 Å². The average Bonchev–Trinajstić information content (AvgIpc) is 2.56. The molecule has 0 heterocycles. The summed E-state index contributed by atoms with van der Waals surface area (Å²) >= 11 is 6.06. The number of carbonyl (C=O) groups is 1. The van der Waals surface area contributed by atoms with Gasteiger partial charge in [0.2, 0.25) is 0 Å². The molecule has 1 saturated carbocycles. The van der Waals surface area contributed by atoms with E-state index in [1.54, 1.807) is 0 Å². The molecule has 0 saturated heterocycles. The molecule has 1 nitrogen and oxygen atoms in total. The van der Waals surface area contributed by atoms with Crippen LogP contribution < -0.4 is 0 Å². The van der Waals surface area contributed by atoms with Gasteiger partial charge in [-0.3, -0.25) is 4.79 Å². The van der Waals surface area contributed by atoms with E-state index in [0.29, 0.717) is 12.3 Å². The summed E-state index contributed by atoms with van der Waals surface area (Å²) in [6.07, 6.45) is 6.99. The van der Waals surface area contributed by atoms with Crippen molar-refractivity contribution in [1.82, 2.24) is 0 Å². The number of hydrogen-bond donors (Lipinski definition) is 0. The molecule has 22 heavy (non-hydrogen) atoms. The second-order valence-corrected chi connectivity index (χ2v) is 6.66. The highest BCUT2D eigenvalue weighted by Crippen LogP contribution is 2.29.